The first-order valence-corrected chi connectivity index (χ1v) is 11.5. The number of benzene rings is 2. The third kappa shape index (κ3) is 6.12. The molecule has 2 aromatic rings. The topological polar surface area (TPSA) is 87.7 Å². The number of aryl methyl sites for hydroxylation is 1. The second-order valence-electron chi connectivity index (χ2n) is 8.42. The number of nitrogens with one attached hydrogen (secondary N) is 2. The Hall–Kier alpha value is -3.35. The van der Waals surface area contributed by atoms with Crippen LogP contribution in [0.2, 0.25) is 0 Å². The lowest BCUT2D eigenvalue weighted by Gasteiger charge is -2.36. The molecule has 33 heavy (non-hydrogen) atoms. The molecule has 2 N–H and O–H groups in total. The van der Waals surface area contributed by atoms with E-state index in [9.17, 15) is 14.4 Å². The van der Waals surface area contributed by atoms with E-state index in [1.165, 1.54) is 0 Å². The Labute approximate surface area is 195 Å². The summed E-state index contributed by atoms with van der Waals surface area (Å²) in [6.45, 7) is 5.50. The van der Waals surface area contributed by atoms with Gasteiger partial charge in [-0.15, -0.1) is 0 Å². The zero-order valence-electron chi connectivity index (χ0n) is 19.6. The van der Waals surface area contributed by atoms with E-state index in [2.05, 4.69) is 10.6 Å². The Morgan fingerprint density at radius 2 is 1.73 bits per heavy atom. The number of carbonyl (C=O) groups excluding carboxylic acids is 3. The molecule has 1 atom stereocenters. The number of likely N-dealkylation sites (tertiary alicyclic amines) is 1. The van der Waals surface area contributed by atoms with Crippen molar-refractivity contribution in [2.75, 3.05) is 26.7 Å². The number of nitrogens with zero attached hydrogens (tertiary/aromatic N) is 1. The Morgan fingerprint density at radius 3 is 2.33 bits per heavy atom. The molecule has 0 spiro atoms. The van der Waals surface area contributed by atoms with Gasteiger partial charge in [0.05, 0.1) is 7.11 Å². The highest BCUT2D eigenvalue weighted by Gasteiger charge is 2.34. The lowest BCUT2D eigenvalue weighted by atomic mass is 9.88. The predicted molar refractivity (Wildman–Crippen MR) is 127 cm³/mol. The molecular weight excluding hydrogens is 418 g/mol. The van der Waals surface area contributed by atoms with E-state index in [1.54, 1.807) is 37.4 Å². The highest BCUT2D eigenvalue weighted by Crippen LogP contribution is 2.24. The minimum absolute atomic E-state index is 0.0352. The fourth-order valence-corrected chi connectivity index (χ4v) is 4.15. The van der Waals surface area contributed by atoms with Crippen molar-refractivity contribution in [1.29, 1.82) is 0 Å². The van der Waals surface area contributed by atoms with Crippen LogP contribution in [0.4, 0.5) is 0 Å². The molecule has 7 heteroatoms. The van der Waals surface area contributed by atoms with Gasteiger partial charge in [-0.1, -0.05) is 25.1 Å². The second kappa shape index (κ2) is 11.5. The van der Waals surface area contributed by atoms with Crippen molar-refractivity contribution in [2.24, 2.45) is 5.92 Å². The van der Waals surface area contributed by atoms with Crippen molar-refractivity contribution in [3.05, 3.63) is 65.2 Å². The number of amides is 3. The number of hydrogen-bond donors (Lipinski definition) is 2. The van der Waals surface area contributed by atoms with Crippen molar-refractivity contribution >= 4 is 17.7 Å². The van der Waals surface area contributed by atoms with Crippen molar-refractivity contribution in [3.63, 3.8) is 0 Å². The molecule has 3 rings (SSSR count). The van der Waals surface area contributed by atoms with Gasteiger partial charge in [0.15, 0.2) is 0 Å². The fourth-order valence-electron chi connectivity index (χ4n) is 4.15. The third-order valence-electron chi connectivity index (χ3n) is 6.14. The summed E-state index contributed by atoms with van der Waals surface area (Å²) in [5.74, 6) is 0.206. The van der Waals surface area contributed by atoms with Crippen LogP contribution >= 0.6 is 0 Å². The maximum absolute atomic E-state index is 12.9. The van der Waals surface area contributed by atoms with E-state index in [0.29, 0.717) is 49.4 Å². The van der Waals surface area contributed by atoms with Crippen molar-refractivity contribution in [1.82, 2.24) is 15.5 Å². The molecule has 0 bridgehead atoms. The summed E-state index contributed by atoms with van der Waals surface area (Å²) in [5.41, 5.74) is 2.04. The predicted octanol–water partition coefficient (Wildman–Crippen LogP) is 3.18. The molecule has 0 aliphatic carbocycles. The van der Waals surface area contributed by atoms with Crippen LogP contribution in [-0.2, 0) is 4.79 Å². The number of hydrogen-bond acceptors (Lipinski definition) is 4. The van der Waals surface area contributed by atoms with Gasteiger partial charge in [-0.3, -0.25) is 14.4 Å². The van der Waals surface area contributed by atoms with E-state index in [-0.39, 0.29) is 23.6 Å². The summed E-state index contributed by atoms with van der Waals surface area (Å²) in [7, 11) is 1.59. The number of ether oxygens (including phenoxy) is 1. The first-order chi connectivity index (χ1) is 15.9. The number of methoxy groups -OCH3 is 1. The second-order valence-corrected chi connectivity index (χ2v) is 8.42. The number of rotatable bonds is 8. The molecule has 2 aromatic carbocycles. The highest BCUT2D eigenvalue weighted by molar-refractivity contribution is 5.98. The van der Waals surface area contributed by atoms with Gasteiger partial charge in [-0.2, -0.15) is 0 Å². The molecule has 7 nitrogen and oxygen atoms in total. The summed E-state index contributed by atoms with van der Waals surface area (Å²) < 4.78 is 5.16. The first kappa shape index (κ1) is 24.3. The maximum atomic E-state index is 12.9. The molecule has 0 aromatic heterocycles. The molecule has 176 valence electrons. The molecule has 1 saturated heterocycles. The molecule has 1 fully saturated rings. The molecular formula is C26H33N3O4. The van der Waals surface area contributed by atoms with E-state index >= 15 is 0 Å². The van der Waals surface area contributed by atoms with Gasteiger partial charge < -0.3 is 20.3 Å². The molecule has 1 aliphatic heterocycles. The largest absolute Gasteiger partial charge is 0.497 e. The van der Waals surface area contributed by atoms with Crippen molar-refractivity contribution in [2.45, 2.75) is 39.2 Å². The van der Waals surface area contributed by atoms with E-state index in [1.807, 2.05) is 36.9 Å². The van der Waals surface area contributed by atoms with Crippen LogP contribution in [0.1, 0.15) is 52.5 Å². The van der Waals surface area contributed by atoms with Crippen LogP contribution < -0.4 is 15.4 Å². The van der Waals surface area contributed by atoms with E-state index in [4.69, 9.17) is 4.74 Å². The highest BCUT2D eigenvalue weighted by atomic mass is 16.5. The molecule has 1 heterocycles. The van der Waals surface area contributed by atoms with Gasteiger partial charge in [0, 0.05) is 30.8 Å². The van der Waals surface area contributed by atoms with Crippen LogP contribution in [0.15, 0.2) is 48.5 Å². The van der Waals surface area contributed by atoms with Crippen LogP contribution in [0, 0.1) is 12.8 Å². The molecule has 0 saturated carbocycles. The van der Waals surface area contributed by atoms with Gasteiger partial charge in [0.25, 0.3) is 11.8 Å². The zero-order valence-corrected chi connectivity index (χ0v) is 19.6. The summed E-state index contributed by atoms with van der Waals surface area (Å²) in [5, 5.41) is 5.90. The minimum atomic E-state index is -0.637. The Kier molecular flexibility index (Phi) is 8.46. The average molecular weight is 452 g/mol. The van der Waals surface area contributed by atoms with Gasteiger partial charge in [-0.25, -0.2) is 0 Å². The molecule has 3 amide bonds. The minimum Gasteiger partial charge on any atom is -0.497 e. The van der Waals surface area contributed by atoms with Crippen LogP contribution in [-0.4, -0.2) is 55.4 Å². The van der Waals surface area contributed by atoms with Crippen LogP contribution in [0.25, 0.3) is 0 Å². The van der Waals surface area contributed by atoms with Crippen molar-refractivity contribution < 1.29 is 19.1 Å². The third-order valence-corrected chi connectivity index (χ3v) is 6.14. The number of piperidine rings is 1. The zero-order chi connectivity index (χ0) is 23.8. The first-order valence-electron chi connectivity index (χ1n) is 11.5. The monoisotopic (exact) mass is 451 g/mol. The quantitative estimate of drug-likeness (QED) is 0.645. The summed E-state index contributed by atoms with van der Waals surface area (Å²) in [6.07, 6.45) is 2.10. The van der Waals surface area contributed by atoms with Crippen LogP contribution in [0.3, 0.4) is 0 Å². The smallest absolute Gasteiger partial charge is 0.253 e. The normalized spacial score (nSPS) is 14.9. The Morgan fingerprint density at radius 1 is 1.06 bits per heavy atom. The van der Waals surface area contributed by atoms with E-state index < -0.39 is 6.04 Å². The summed E-state index contributed by atoms with van der Waals surface area (Å²) in [6, 6.07) is 13.8. The molecule has 1 unspecified atom stereocenters. The van der Waals surface area contributed by atoms with Gasteiger partial charge in [0.1, 0.15) is 11.8 Å². The lowest BCUT2D eigenvalue weighted by molar-refractivity contribution is -0.124. The lowest BCUT2D eigenvalue weighted by Crippen LogP contribution is -2.54. The molecule has 0 radical (unpaired) electrons. The summed E-state index contributed by atoms with van der Waals surface area (Å²) in [4.78, 5) is 40.6. The van der Waals surface area contributed by atoms with Gasteiger partial charge in [0.2, 0.25) is 5.91 Å². The summed E-state index contributed by atoms with van der Waals surface area (Å²) >= 11 is 0. The maximum Gasteiger partial charge on any atom is 0.253 e. The number of carbonyl (C=O) groups is 3. The van der Waals surface area contributed by atoms with E-state index in [0.717, 1.165) is 12.0 Å². The Balaban J connectivity index is 1.67. The fraction of sp³-hybridized carbons (Fsp3) is 0.423. The average Bonchev–Trinajstić information content (AvgIpc) is 2.85. The Bertz CT molecular complexity index is 966. The van der Waals surface area contributed by atoms with Gasteiger partial charge >= 0.3 is 0 Å². The molecule has 1 aliphatic rings. The van der Waals surface area contributed by atoms with Gasteiger partial charge in [-0.05, 0) is 68.0 Å². The standard InChI is InChI=1S/C26H33N3O4/c1-4-15-27-25(31)23(28-24(30)22-8-6-5-7-18(22)2)19-13-16-29(17-14-19)26(32)20-9-11-21(33-3)12-10-20/h5-12,19,23H,4,13-17H2,1-3H3,(H,27,31)(H,28,30). The van der Waals surface area contributed by atoms with Crippen LogP contribution in [0.5, 0.6) is 5.75 Å². The van der Waals surface area contributed by atoms with Crippen molar-refractivity contribution in [3.8, 4) is 5.75 Å². The SMILES string of the molecule is CCCNC(=O)C(NC(=O)c1ccccc1C)C1CCN(C(=O)c2ccc(OC)cc2)CC1.